The van der Waals surface area contributed by atoms with Gasteiger partial charge in [-0.25, -0.2) is 0 Å². The van der Waals surface area contributed by atoms with E-state index in [1.165, 1.54) is 17.7 Å². The van der Waals surface area contributed by atoms with Crippen LogP contribution in [0.15, 0.2) is 17.5 Å². The summed E-state index contributed by atoms with van der Waals surface area (Å²) in [4.78, 5) is 15.6. The second kappa shape index (κ2) is 6.70. The lowest BCUT2D eigenvalue weighted by atomic mass is 10.1. The number of nitrogens with one attached hydrogen (secondary N) is 1. The van der Waals surface area contributed by atoms with Crippen molar-refractivity contribution in [3.8, 4) is 0 Å². The number of amides is 1. The van der Waals surface area contributed by atoms with Crippen LogP contribution in [-0.2, 0) is 16.1 Å². The molecule has 0 aromatic carbocycles. The zero-order chi connectivity index (χ0) is 13.8. The first-order valence-electron chi connectivity index (χ1n) is 7.42. The van der Waals surface area contributed by atoms with Crippen molar-refractivity contribution in [3.63, 3.8) is 0 Å². The molecule has 1 aliphatic heterocycles. The Morgan fingerprint density at radius 2 is 2.35 bits per heavy atom. The van der Waals surface area contributed by atoms with Crippen molar-refractivity contribution in [2.75, 3.05) is 26.3 Å². The number of ether oxygens (including phenoxy) is 1. The van der Waals surface area contributed by atoms with Gasteiger partial charge in [-0.1, -0.05) is 6.07 Å². The highest BCUT2D eigenvalue weighted by atomic mass is 32.1. The Bertz CT molecular complexity index is 425. The summed E-state index contributed by atoms with van der Waals surface area (Å²) in [6.07, 6.45) is 3.62. The van der Waals surface area contributed by atoms with Gasteiger partial charge in [0.2, 0.25) is 5.91 Å². The summed E-state index contributed by atoms with van der Waals surface area (Å²) in [5, 5.41) is 5.06. The van der Waals surface area contributed by atoms with Crippen LogP contribution in [0.1, 0.15) is 24.1 Å². The predicted octanol–water partition coefficient (Wildman–Crippen LogP) is 1.87. The van der Waals surface area contributed by atoms with Crippen LogP contribution < -0.4 is 5.32 Å². The average molecular weight is 294 g/mol. The highest BCUT2D eigenvalue weighted by molar-refractivity contribution is 7.09. The minimum Gasteiger partial charge on any atom is -0.381 e. The summed E-state index contributed by atoms with van der Waals surface area (Å²) < 4.78 is 5.43. The van der Waals surface area contributed by atoms with E-state index in [0.29, 0.717) is 25.0 Å². The van der Waals surface area contributed by atoms with Crippen LogP contribution >= 0.6 is 11.3 Å². The number of rotatable bonds is 7. The fourth-order valence-corrected chi connectivity index (χ4v) is 3.33. The molecular formula is C15H22N2O2S. The minimum absolute atomic E-state index is 0.143. The largest absolute Gasteiger partial charge is 0.381 e. The van der Waals surface area contributed by atoms with Crippen molar-refractivity contribution >= 4 is 17.2 Å². The van der Waals surface area contributed by atoms with Crippen molar-refractivity contribution in [1.29, 1.82) is 0 Å². The number of nitrogens with zero attached hydrogens (tertiary/aromatic N) is 1. The molecule has 2 aliphatic rings. The van der Waals surface area contributed by atoms with Gasteiger partial charge in [0.05, 0.1) is 19.7 Å². The molecular weight excluding hydrogens is 272 g/mol. The van der Waals surface area contributed by atoms with Crippen LogP contribution in [0.4, 0.5) is 0 Å². The minimum atomic E-state index is 0.143. The first-order chi connectivity index (χ1) is 9.81. The van der Waals surface area contributed by atoms with Crippen molar-refractivity contribution in [1.82, 2.24) is 10.2 Å². The zero-order valence-corrected chi connectivity index (χ0v) is 12.5. The third-order valence-electron chi connectivity index (χ3n) is 3.97. The van der Waals surface area contributed by atoms with Crippen LogP contribution in [0, 0.1) is 5.92 Å². The maximum atomic E-state index is 12.1. The molecule has 5 heteroatoms. The summed E-state index contributed by atoms with van der Waals surface area (Å²) in [6, 6.07) is 4.70. The summed E-state index contributed by atoms with van der Waals surface area (Å²) in [5.41, 5.74) is 0. The van der Waals surface area contributed by atoms with E-state index in [2.05, 4.69) is 16.3 Å². The van der Waals surface area contributed by atoms with Gasteiger partial charge in [-0.15, -0.1) is 11.3 Å². The van der Waals surface area contributed by atoms with Gasteiger partial charge in [0.15, 0.2) is 0 Å². The average Bonchev–Trinajstić information content (AvgIpc) is 2.94. The molecule has 1 amide bonds. The Morgan fingerprint density at radius 3 is 3.00 bits per heavy atom. The molecule has 0 bridgehead atoms. The second-order valence-corrected chi connectivity index (χ2v) is 6.78. The van der Waals surface area contributed by atoms with Gasteiger partial charge in [-0.05, 0) is 36.6 Å². The molecule has 1 saturated carbocycles. The fourth-order valence-electron chi connectivity index (χ4n) is 2.68. The lowest BCUT2D eigenvalue weighted by molar-refractivity contribution is -0.122. The van der Waals surface area contributed by atoms with Crippen LogP contribution in [0.2, 0.25) is 0 Å². The van der Waals surface area contributed by atoms with Crippen LogP contribution in [-0.4, -0.2) is 43.2 Å². The molecule has 2 heterocycles. The van der Waals surface area contributed by atoms with Crippen molar-refractivity contribution in [2.45, 2.75) is 31.8 Å². The molecule has 0 radical (unpaired) electrons. The van der Waals surface area contributed by atoms with Gasteiger partial charge < -0.3 is 10.1 Å². The van der Waals surface area contributed by atoms with Gasteiger partial charge in [0.25, 0.3) is 0 Å². The third kappa shape index (κ3) is 4.04. The summed E-state index contributed by atoms with van der Waals surface area (Å²) in [7, 11) is 0. The number of carbonyl (C=O) groups excluding carboxylic acids is 1. The van der Waals surface area contributed by atoms with Crippen molar-refractivity contribution in [3.05, 3.63) is 22.4 Å². The molecule has 110 valence electrons. The van der Waals surface area contributed by atoms with Gasteiger partial charge >= 0.3 is 0 Å². The van der Waals surface area contributed by atoms with Crippen molar-refractivity contribution in [2.24, 2.45) is 5.92 Å². The molecule has 1 aliphatic carbocycles. The SMILES string of the molecule is O=C(CN(CC1CCOC1)C1CC1)NCc1cccs1. The highest BCUT2D eigenvalue weighted by Gasteiger charge is 2.32. The maximum absolute atomic E-state index is 12.1. The quantitative estimate of drug-likeness (QED) is 0.834. The molecule has 1 N–H and O–H groups in total. The Hall–Kier alpha value is -0.910. The second-order valence-electron chi connectivity index (χ2n) is 5.75. The summed E-state index contributed by atoms with van der Waals surface area (Å²) in [5.74, 6) is 0.755. The molecule has 1 saturated heterocycles. The first kappa shape index (κ1) is 14.0. The monoisotopic (exact) mass is 294 g/mol. The third-order valence-corrected chi connectivity index (χ3v) is 4.84. The van der Waals surface area contributed by atoms with Gasteiger partial charge in [0.1, 0.15) is 0 Å². The first-order valence-corrected chi connectivity index (χ1v) is 8.30. The van der Waals surface area contributed by atoms with Crippen LogP contribution in [0.25, 0.3) is 0 Å². The van der Waals surface area contributed by atoms with E-state index in [-0.39, 0.29) is 5.91 Å². The Labute approximate surface area is 124 Å². The molecule has 0 spiro atoms. The fraction of sp³-hybridized carbons (Fsp3) is 0.667. The van der Waals surface area contributed by atoms with E-state index in [1.807, 2.05) is 11.4 Å². The van der Waals surface area contributed by atoms with Gasteiger partial charge in [0, 0.05) is 24.1 Å². The number of carbonyl (C=O) groups is 1. The number of hydrogen-bond donors (Lipinski definition) is 1. The lowest BCUT2D eigenvalue weighted by Gasteiger charge is -2.24. The van der Waals surface area contributed by atoms with E-state index >= 15 is 0 Å². The Morgan fingerprint density at radius 1 is 1.45 bits per heavy atom. The number of hydrogen-bond acceptors (Lipinski definition) is 4. The molecule has 3 rings (SSSR count). The van der Waals surface area contributed by atoms with E-state index in [9.17, 15) is 4.79 Å². The van der Waals surface area contributed by atoms with Crippen LogP contribution in [0.5, 0.6) is 0 Å². The topological polar surface area (TPSA) is 41.6 Å². The molecule has 1 aromatic rings. The molecule has 2 fully saturated rings. The normalized spacial score (nSPS) is 22.4. The molecule has 1 atom stereocenters. The highest BCUT2D eigenvalue weighted by Crippen LogP contribution is 2.28. The smallest absolute Gasteiger partial charge is 0.234 e. The molecule has 20 heavy (non-hydrogen) atoms. The zero-order valence-electron chi connectivity index (χ0n) is 11.7. The number of thiophene rings is 1. The van der Waals surface area contributed by atoms with Gasteiger partial charge in [-0.2, -0.15) is 0 Å². The Balaban J connectivity index is 1.44. The summed E-state index contributed by atoms with van der Waals surface area (Å²) >= 11 is 1.68. The van der Waals surface area contributed by atoms with E-state index < -0.39 is 0 Å². The van der Waals surface area contributed by atoms with Crippen molar-refractivity contribution < 1.29 is 9.53 Å². The van der Waals surface area contributed by atoms with E-state index in [1.54, 1.807) is 11.3 Å². The summed E-state index contributed by atoms with van der Waals surface area (Å²) in [6.45, 7) is 3.94. The Kier molecular flexibility index (Phi) is 4.70. The molecule has 1 aromatic heterocycles. The maximum Gasteiger partial charge on any atom is 0.234 e. The van der Waals surface area contributed by atoms with E-state index in [0.717, 1.165) is 26.2 Å². The van der Waals surface area contributed by atoms with Gasteiger partial charge in [-0.3, -0.25) is 9.69 Å². The predicted molar refractivity (Wildman–Crippen MR) is 79.7 cm³/mol. The lowest BCUT2D eigenvalue weighted by Crippen LogP contribution is -2.40. The standard InChI is InChI=1S/C15H22N2O2S/c18-15(16-8-14-2-1-7-20-14)10-17(13-3-4-13)9-12-5-6-19-11-12/h1-2,7,12-13H,3-6,8-11H2,(H,16,18). The molecule has 4 nitrogen and oxygen atoms in total. The van der Waals surface area contributed by atoms with E-state index in [4.69, 9.17) is 4.74 Å². The van der Waals surface area contributed by atoms with Crippen LogP contribution in [0.3, 0.4) is 0 Å². The molecule has 1 unspecified atom stereocenters.